The molecule has 112 valence electrons. The lowest BCUT2D eigenvalue weighted by atomic mass is 9.97. The van der Waals surface area contributed by atoms with Crippen LogP contribution >= 0.6 is 11.6 Å². The summed E-state index contributed by atoms with van der Waals surface area (Å²) in [5, 5.41) is 12.5. The van der Waals surface area contributed by atoms with Crippen molar-refractivity contribution in [2.24, 2.45) is 5.92 Å². The second-order valence-corrected chi connectivity index (χ2v) is 5.47. The molecule has 1 saturated heterocycles. The molecule has 1 aromatic rings. The minimum Gasteiger partial charge on any atom is -0.486 e. The molecule has 2 aliphatic heterocycles. The van der Waals surface area contributed by atoms with Gasteiger partial charge < -0.3 is 19.9 Å². The Balaban J connectivity index is 2.01. The number of carboxylic acids is 1. The number of nitrogens with one attached hydrogen (secondary N) is 1. The Morgan fingerprint density at radius 2 is 2.10 bits per heavy atom. The van der Waals surface area contributed by atoms with Crippen LogP contribution in [0.5, 0.6) is 11.5 Å². The summed E-state index contributed by atoms with van der Waals surface area (Å²) in [6, 6.07) is 1.47. The molecule has 0 radical (unpaired) electrons. The van der Waals surface area contributed by atoms with Crippen molar-refractivity contribution in [2.75, 3.05) is 19.8 Å². The van der Waals surface area contributed by atoms with Crippen LogP contribution in [0.1, 0.15) is 28.4 Å². The Morgan fingerprint density at radius 1 is 1.38 bits per heavy atom. The van der Waals surface area contributed by atoms with Crippen molar-refractivity contribution in [1.29, 1.82) is 0 Å². The minimum atomic E-state index is -0.827. The fourth-order valence-electron chi connectivity index (χ4n) is 2.75. The summed E-state index contributed by atoms with van der Waals surface area (Å²) in [4.78, 5) is 22.2. The molecular formula is C14H14ClNO5. The van der Waals surface area contributed by atoms with Crippen molar-refractivity contribution in [2.45, 2.75) is 12.5 Å². The highest BCUT2D eigenvalue weighted by atomic mass is 35.5. The molecule has 2 unspecified atom stereocenters. The number of aldehydes is 1. The third kappa shape index (κ3) is 2.45. The highest BCUT2D eigenvalue weighted by Crippen LogP contribution is 2.45. The summed E-state index contributed by atoms with van der Waals surface area (Å²) in [6.45, 7) is 1.13. The number of fused-ring (bicyclic) bond motifs is 1. The van der Waals surface area contributed by atoms with Crippen molar-refractivity contribution in [3.05, 3.63) is 22.2 Å². The van der Waals surface area contributed by atoms with Crippen LogP contribution in [-0.4, -0.2) is 37.1 Å². The SMILES string of the molecule is O=Cc1c(Cl)cc(C2CC(C(=O)O)CN2)c2c1OCCO2. The first-order chi connectivity index (χ1) is 10.1. The highest BCUT2D eigenvalue weighted by molar-refractivity contribution is 6.33. The Bertz CT molecular complexity index is 604. The monoisotopic (exact) mass is 311 g/mol. The van der Waals surface area contributed by atoms with Gasteiger partial charge in [-0.2, -0.15) is 0 Å². The second kappa shape index (κ2) is 5.54. The van der Waals surface area contributed by atoms with E-state index in [-0.39, 0.29) is 16.6 Å². The van der Waals surface area contributed by atoms with Gasteiger partial charge in [-0.25, -0.2) is 0 Å². The first kappa shape index (κ1) is 14.2. The fraction of sp³-hybridized carbons (Fsp3) is 0.429. The maximum Gasteiger partial charge on any atom is 0.307 e. The van der Waals surface area contributed by atoms with Crippen molar-refractivity contribution in [1.82, 2.24) is 5.32 Å². The molecule has 1 fully saturated rings. The van der Waals surface area contributed by atoms with E-state index in [1.54, 1.807) is 6.07 Å². The first-order valence-corrected chi connectivity index (χ1v) is 7.03. The summed E-state index contributed by atoms with van der Waals surface area (Å²) in [5.74, 6) is -0.443. The molecule has 2 heterocycles. The third-order valence-electron chi connectivity index (χ3n) is 3.80. The highest BCUT2D eigenvalue weighted by Gasteiger charge is 2.34. The average molecular weight is 312 g/mol. The molecule has 2 aliphatic rings. The molecule has 2 atom stereocenters. The molecule has 0 spiro atoms. The van der Waals surface area contributed by atoms with E-state index in [0.29, 0.717) is 44.0 Å². The van der Waals surface area contributed by atoms with Crippen molar-refractivity contribution in [3.8, 4) is 11.5 Å². The molecule has 0 bridgehead atoms. The number of hydrogen-bond donors (Lipinski definition) is 2. The van der Waals surface area contributed by atoms with Crippen LogP contribution in [0.3, 0.4) is 0 Å². The van der Waals surface area contributed by atoms with Gasteiger partial charge in [-0.3, -0.25) is 9.59 Å². The molecule has 0 aliphatic carbocycles. The number of hydrogen-bond acceptors (Lipinski definition) is 5. The maximum absolute atomic E-state index is 11.2. The van der Waals surface area contributed by atoms with E-state index in [1.807, 2.05) is 0 Å². The van der Waals surface area contributed by atoms with Gasteiger partial charge in [-0.1, -0.05) is 11.6 Å². The van der Waals surface area contributed by atoms with Crippen molar-refractivity contribution < 1.29 is 24.2 Å². The molecule has 21 heavy (non-hydrogen) atoms. The van der Waals surface area contributed by atoms with E-state index < -0.39 is 11.9 Å². The summed E-state index contributed by atoms with van der Waals surface area (Å²) in [6.07, 6.45) is 1.09. The second-order valence-electron chi connectivity index (χ2n) is 5.07. The van der Waals surface area contributed by atoms with E-state index in [9.17, 15) is 9.59 Å². The number of halogens is 1. The van der Waals surface area contributed by atoms with Crippen LogP contribution in [0, 0.1) is 5.92 Å². The van der Waals surface area contributed by atoms with Crippen LogP contribution in [0.25, 0.3) is 0 Å². The number of benzene rings is 1. The molecule has 0 saturated carbocycles. The Hall–Kier alpha value is -1.79. The predicted octanol–water partition coefficient (Wildman–Crippen LogP) is 1.66. The quantitative estimate of drug-likeness (QED) is 0.826. The largest absolute Gasteiger partial charge is 0.486 e. The molecule has 3 rings (SSSR count). The average Bonchev–Trinajstić information content (AvgIpc) is 2.96. The van der Waals surface area contributed by atoms with E-state index >= 15 is 0 Å². The number of carbonyl (C=O) groups excluding carboxylic acids is 1. The van der Waals surface area contributed by atoms with Gasteiger partial charge in [0.15, 0.2) is 17.8 Å². The smallest absolute Gasteiger partial charge is 0.307 e. The van der Waals surface area contributed by atoms with Crippen LogP contribution in [0.15, 0.2) is 6.07 Å². The number of aliphatic carboxylic acids is 1. The molecule has 0 amide bonds. The zero-order valence-electron chi connectivity index (χ0n) is 11.1. The van der Waals surface area contributed by atoms with Crippen molar-refractivity contribution >= 4 is 23.9 Å². The van der Waals surface area contributed by atoms with Gasteiger partial charge in [-0.05, 0) is 12.5 Å². The normalized spacial score (nSPS) is 23.9. The maximum atomic E-state index is 11.2. The minimum absolute atomic E-state index is 0.181. The van der Waals surface area contributed by atoms with E-state index in [4.69, 9.17) is 26.2 Å². The number of carbonyl (C=O) groups is 2. The van der Waals surface area contributed by atoms with Gasteiger partial charge >= 0.3 is 5.97 Å². The molecule has 0 aromatic heterocycles. The molecular weight excluding hydrogens is 298 g/mol. The number of rotatable bonds is 3. The number of carboxylic acid groups (broad SMARTS) is 1. The molecule has 7 heteroatoms. The predicted molar refractivity (Wildman–Crippen MR) is 74.3 cm³/mol. The molecule has 6 nitrogen and oxygen atoms in total. The Morgan fingerprint density at radius 3 is 2.71 bits per heavy atom. The number of ether oxygens (including phenoxy) is 2. The topological polar surface area (TPSA) is 84.9 Å². The lowest BCUT2D eigenvalue weighted by Gasteiger charge is -2.25. The standard InChI is InChI=1S/C14H14ClNO5/c15-10-4-8(11-3-7(5-16-11)14(18)19)12-13(9(10)6-17)21-2-1-20-12/h4,6-7,11,16H,1-3,5H2,(H,18,19). The van der Waals surface area contributed by atoms with Gasteiger partial charge in [0, 0.05) is 18.2 Å². The first-order valence-electron chi connectivity index (χ1n) is 6.65. The van der Waals surface area contributed by atoms with E-state index in [1.165, 1.54) is 0 Å². The third-order valence-corrected chi connectivity index (χ3v) is 4.11. The van der Waals surface area contributed by atoms with E-state index in [2.05, 4.69) is 5.32 Å². The lowest BCUT2D eigenvalue weighted by molar-refractivity contribution is -0.141. The Kier molecular flexibility index (Phi) is 3.73. The van der Waals surface area contributed by atoms with Crippen molar-refractivity contribution in [3.63, 3.8) is 0 Å². The van der Waals surface area contributed by atoms with Crippen LogP contribution in [0.2, 0.25) is 5.02 Å². The van der Waals surface area contributed by atoms with Gasteiger partial charge in [0.1, 0.15) is 13.2 Å². The van der Waals surface area contributed by atoms with Crippen LogP contribution in [-0.2, 0) is 4.79 Å². The zero-order chi connectivity index (χ0) is 15.0. The van der Waals surface area contributed by atoms with Crippen LogP contribution in [0.4, 0.5) is 0 Å². The summed E-state index contributed by atoms with van der Waals surface area (Å²) < 4.78 is 11.1. The van der Waals surface area contributed by atoms with Gasteiger partial charge in [0.2, 0.25) is 0 Å². The lowest BCUT2D eigenvalue weighted by Crippen LogP contribution is -2.21. The molecule has 2 N–H and O–H groups in total. The molecule has 1 aromatic carbocycles. The summed E-state index contributed by atoms with van der Waals surface area (Å²) >= 11 is 6.13. The van der Waals surface area contributed by atoms with Gasteiger partial charge in [0.25, 0.3) is 0 Å². The fourth-order valence-corrected chi connectivity index (χ4v) is 3.00. The Labute approximate surface area is 126 Å². The summed E-state index contributed by atoms with van der Waals surface area (Å²) in [5.41, 5.74) is 1.01. The van der Waals surface area contributed by atoms with E-state index in [0.717, 1.165) is 5.56 Å². The van der Waals surface area contributed by atoms with Gasteiger partial charge in [-0.15, -0.1) is 0 Å². The van der Waals surface area contributed by atoms with Gasteiger partial charge in [0.05, 0.1) is 16.5 Å². The summed E-state index contributed by atoms with van der Waals surface area (Å²) in [7, 11) is 0. The zero-order valence-corrected chi connectivity index (χ0v) is 11.9. The van der Waals surface area contributed by atoms with Crippen LogP contribution < -0.4 is 14.8 Å².